The number of nitrogens with one attached hydrogen (secondary N) is 1. The molecule has 1 fully saturated rings. The molecule has 0 aromatic heterocycles. The number of phenolic OH excluding ortho intramolecular Hbond substituents is 3. The molecule has 0 aliphatic carbocycles. The number of allylic oxidation sites excluding steroid dienone is 2. The third kappa shape index (κ3) is 8.05. The van der Waals surface area contributed by atoms with Gasteiger partial charge in [-0.25, -0.2) is 0 Å². The highest BCUT2D eigenvalue weighted by atomic mass is 16.7. The van der Waals surface area contributed by atoms with Gasteiger partial charge in [0, 0.05) is 87.1 Å². The van der Waals surface area contributed by atoms with Crippen LogP contribution in [-0.4, -0.2) is 99.4 Å². The number of hydrogen-bond donors (Lipinski definition) is 6. The molecule has 2 aromatic rings. The number of aliphatic hydroxyl groups is 2. The van der Waals surface area contributed by atoms with E-state index in [0.29, 0.717) is 0 Å². The number of piperidine rings is 1. The summed E-state index contributed by atoms with van der Waals surface area (Å²) in [6.45, 7) is 12.7. The topological polar surface area (TPSA) is 222 Å². The molecule has 0 saturated carbocycles. The third-order valence-corrected chi connectivity index (χ3v) is 11.6. The van der Waals surface area contributed by atoms with Crippen LogP contribution in [0.15, 0.2) is 36.1 Å². The van der Waals surface area contributed by atoms with Gasteiger partial charge >= 0.3 is 11.8 Å². The number of ether oxygens (including phenoxy) is 4. The van der Waals surface area contributed by atoms with Crippen LogP contribution in [-0.2, 0) is 28.6 Å². The number of nitrogens with zero attached hydrogens (tertiary/aromatic N) is 1. The number of amides is 1. The SMILES string of the molecule is COC1/C=C/OC2(C)Oc3c(C)c(O)c4c(O)c(c(N5CCC(=O)CC5)c(O)c4c3C2=O)NC(=O)/C(C)=C\C=C\C(C)C(O)C(C)C(O)C(C)C(OC(C)=O)C1C. The van der Waals surface area contributed by atoms with Crippen LogP contribution in [0, 0.1) is 30.6 Å². The lowest BCUT2D eigenvalue weighted by molar-refractivity contribution is -0.160. The van der Waals surface area contributed by atoms with Gasteiger partial charge < -0.3 is 54.7 Å². The summed E-state index contributed by atoms with van der Waals surface area (Å²) in [5.74, 6) is -8.43. The van der Waals surface area contributed by atoms with Gasteiger partial charge in [-0.2, -0.15) is 0 Å². The molecular weight excluding hydrogens is 740 g/mol. The Morgan fingerprint density at radius 3 is 2.18 bits per heavy atom. The van der Waals surface area contributed by atoms with Gasteiger partial charge in [0.25, 0.3) is 11.7 Å². The molecule has 2 aromatic carbocycles. The summed E-state index contributed by atoms with van der Waals surface area (Å²) in [7, 11) is 1.43. The summed E-state index contributed by atoms with van der Waals surface area (Å²) < 4.78 is 23.5. The van der Waals surface area contributed by atoms with E-state index in [2.05, 4.69) is 5.32 Å². The van der Waals surface area contributed by atoms with Gasteiger partial charge in [-0.05, 0) is 19.9 Å². The molecule has 6 rings (SSSR count). The first kappa shape index (κ1) is 43.0. The predicted octanol–water partition coefficient (Wildman–Crippen LogP) is 4.92. The van der Waals surface area contributed by atoms with Crippen molar-refractivity contribution >= 4 is 45.6 Å². The number of anilines is 2. The normalized spacial score (nSPS) is 32.3. The molecule has 4 heterocycles. The van der Waals surface area contributed by atoms with Gasteiger partial charge in [-0.1, -0.05) is 45.9 Å². The highest BCUT2D eigenvalue weighted by Gasteiger charge is 2.50. The maximum absolute atomic E-state index is 14.4. The van der Waals surface area contributed by atoms with Gasteiger partial charge in [0.15, 0.2) is 5.75 Å². The van der Waals surface area contributed by atoms with E-state index < -0.39 is 88.8 Å². The molecule has 6 N–H and O–H groups in total. The lowest BCUT2D eigenvalue weighted by Crippen LogP contribution is -2.46. The second kappa shape index (κ2) is 16.8. The third-order valence-electron chi connectivity index (χ3n) is 11.6. The van der Waals surface area contributed by atoms with Crippen molar-refractivity contribution in [2.75, 3.05) is 30.4 Å². The number of methoxy groups -OCH3 is 1. The standard InChI is InChI=1S/C42H54N2O13/c1-19-11-10-12-20(2)41(53)43-31-32(44-16-13-26(46)14-17-44)37(51)28-29(36(31)50)35(49)24(6)39-30(28)40(52)42(8,57-39)55-18-15-27(54-9)21(3)38(56-25(7)45)23(5)34(48)22(4)33(19)47/h10-12,15,18-19,21-23,27,33-34,38,47-51H,13-14,16-17H2,1-9H3,(H,43,53)/b11-10+,18-15+,20-12-. The number of aliphatic hydroxyl groups excluding tert-OH is 2. The Morgan fingerprint density at radius 1 is 0.912 bits per heavy atom. The second-order valence-electron chi connectivity index (χ2n) is 15.6. The zero-order chi connectivity index (χ0) is 42.3. The zero-order valence-electron chi connectivity index (χ0n) is 33.8. The fourth-order valence-corrected chi connectivity index (χ4v) is 7.99. The number of phenols is 3. The molecule has 0 radical (unpaired) electrons. The molecule has 310 valence electrons. The van der Waals surface area contributed by atoms with E-state index in [0.717, 1.165) is 0 Å². The summed E-state index contributed by atoms with van der Waals surface area (Å²) in [6, 6.07) is 0. The smallest absolute Gasteiger partial charge is 0.312 e. The molecule has 0 spiro atoms. The Morgan fingerprint density at radius 2 is 1.56 bits per heavy atom. The van der Waals surface area contributed by atoms with Crippen LogP contribution in [0.1, 0.15) is 77.2 Å². The van der Waals surface area contributed by atoms with Crippen LogP contribution >= 0.6 is 0 Å². The summed E-state index contributed by atoms with van der Waals surface area (Å²) in [5, 5.41) is 60.5. The first-order chi connectivity index (χ1) is 26.7. The summed E-state index contributed by atoms with van der Waals surface area (Å²) in [5.41, 5.74) is -0.299. The van der Waals surface area contributed by atoms with Crippen molar-refractivity contribution in [1.29, 1.82) is 0 Å². The Labute approximate surface area is 331 Å². The second-order valence-corrected chi connectivity index (χ2v) is 15.6. The van der Waals surface area contributed by atoms with Gasteiger partial charge in [0.1, 0.15) is 40.5 Å². The van der Waals surface area contributed by atoms with Crippen molar-refractivity contribution < 1.29 is 63.7 Å². The molecular formula is C42H54N2O13. The lowest BCUT2D eigenvalue weighted by atomic mass is 9.78. The lowest BCUT2D eigenvalue weighted by Gasteiger charge is -2.38. The number of aromatic hydroxyl groups is 3. The van der Waals surface area contributed by atoms with E-state index in [1.165, 1.54) is 53.2 Å². The molecule has 1 amide bonds. The number of rotatable bonds is 3. The molecule has 15 nitrogen and oxygen atoms in total. The average Bonchev–Trinajstić information content (AvgIpc) is 3.43. The molecule has 9 unspecified atom stereocenters. The van der Waals surface area contributed by atoms with E-state index >= 15 is 0 Å². The Hall–Kier alpha value is -5.12. The van der Waals surface area contributed by atoms with Gasteiger partial charge in [0.2, 0.25) is 0 Å². The summed E-state index contributed by atoms with van der Waals surface area (Å²) in [4.78, 5) is 54.3. The highest BCUT2D eigenvalue weighted by molar-refractivity contribution is 6.23. The number of carbonyl (C=O) groups excluding carboxylic acids is 4. The Bertz CT molecular complexity index is 2030. The van der Waals surface area contributed by atoms with E-state index in [4.69, 9.17) is 18.9 Å². The average molecular weight is 795 g/mol. The van der Waals surface area contributed by atoms with Crippen molar-refractivity contribution in [3.05, 3.63) is 47.3 Å². The monoisotopic (exact) mass is 794 g/mol. The number of ketones is 2. The van der Waals surface area contributed by atoms with Crippen molar-refractivity contribution in [3.8, 4) is 23.0 Å². The molecule has 9 atom stereocenters. The van der Waals surface area contributed by atoms with Gasteiger partial charge in [-0.15, -0.1) is 0 Å². The van der Waals surface area contributed by atoms with E-state index in [1.807, 2.05) is 0 Å². The van der Waals surface area contributed by atoms with E-state index in [1.54, 1.807) is 44.7 Å². The van der Waals surface area contributed by atoms with Crippen LogP contribution in [0.2, 0.25) is 0 Å². The summed E-state index contributed by atoms with van der Waals surface area (Å²) >= 11 is 0. The van der Waals surface area contributed by atoms with Gasteiger partial charge in [-0.3, -0.25) is 19.2 Å². The maximum atomic E-state index is 14.4. The van der Waals surface area contributed by atoms with Crippen molar-refractivity contribution in [1.82, 2.24) is 0 Å². The molecule has 1 saturated heterocycles. The maximum Gasteiger partial charge on any atom is 0.312 e. The van der Waals surface area contributed by atoms with Crippen LogP contribution in [0.5, 0.6) is 23.0 Å². The summed E-state index contributed by atoms with van der Waals surface area (Å²) in [6.07, 6.45) is 3.72. The van der Waals surface area contributed by atoms with Crippen molar-refractivity contribution in [2.24, 2.45) is 23.7 Å². The molecule has 57 heavy (non-hydrogen) atoms. The van der Waals surface area contributed by atoms with Crippen LogP contribution in [0.3, 0.4) is 0 Å². The van der Waals surface area contributed by atoms with Crippen LogP contribution in [0.25, 0.3) is 10.8 Å². The first-order valence-electron chi connectivity index (χ1n) is 19.1. The largest absolute Gasteiger partial charge is 0.507 e. The number of hydrogen-bond acceptors (Lipinski definition) is 14. The number of carbonyl (C=O) groups is 4. The predicted molar refractivity (Wildman–Crippen MR) is 210 cm³/mol. The Kier molecular flexibility index (Phi) is 12.7. The molecule has 15 heteroatoms. The number of Topliss-reactive ketones (excluding diaryl/α,β-unsaturated/α-hetero) is 2. The Balaban J connectivity index is 1.72. The van der Waals surface area contributed by atoms with Gasteiger partial charge in [0.05, 0.1) is 35.5 Å². The first-order valence-corrected chi connectivity index (χ1v) is 19.1. The number of esters is 1. The molecule has 4 aliphatic heterocycles. The number of fused-ring (bicyclic) bond motifs is 14. The number of benzene rings is 2. The van der Waals surface area contributed by atoms with Crippen LogP contribution < -0.4 is 15.0 Å². The fourth-order valence-electron chi connectivity index (χ4n) is 7.99. The minimum atomic E-state index is -2.05. The molecule has 5 bridgehead atoms. The van der Waals surface area contributed by atoms with E-state index in [-0.39, 0.29) is 76.3 Å². The minimum Gasteiger partial charge on any atom is -0.507 e. The van der Waals surface area contributed by atoms with Crippen molar-refractivity contribution in [3.63, 3.8) is 0 Å². The van der Waals surface area contributed by atoms with Crippen LogP contribution in [0.4, 0.5) is 11.4 Å². The fraction of sp³-hybridized carbons (Fsp3) is 0.524. The van der Waals surface area contributed by atoms with Crippen molar-refractivity contribution in [2.45, 2.75) is 98.4 Å². The quantitative estimate of drug-likeness (QED) is 0.138. The zero-order valence-corrected chi connectivity index (χ0v) is 33.8. The molecule has 4 aliphatic rings. The highest BCUT2D eigenvalue weighted by Crippen LogP contribution is 2.57. The van der Waals surface area contributed by atoms with E-state index in [9.17, 15) is 44.7 Å². The minimum absolute atomic E-state index is 0.0126.